The normalized spacial score (nSPS) is 48.2. The number of rotatable bonds is 1. The predicted molar refractivity (Wildman–Crippen MR) is 105 cm³/mol. The maximum absolute atomic E-state index is 7.70. The Kier molecular flexibility index (Phi) is 3.31. The molecule has 0 spiro atoms. The standard InChI is InChI=1S/C21H30N2OS/c1-11-7-8-15-14-5-4-6-16(20(14)24-21(15)22-11)17-9-10-18-19(23-17)12(2)13(3)25-18/h10,12-15,17,19,21,23H,4-9H2,1-3H3/t12-,13?,14+,15?,17-,19?,21?/m1/s1/i1D3. The molecule has 1 N–H and O–H groups in total. The van der Waals surface area contributed by atoms with Crippen molar-refractivity contribution in [3.63, 3.8) is 0 Å². The van der Waals surface area contributed by atoms with Crippen molar-refractivity contribution >= 4 is 17.5 Å². The Bertz CT molecular complexity index is 759. The van der Waals surface area contributed by atoms with Crippen LogP contribution in [0.2, 0.25) is 0 Å². The van der Waals surface area contributed by atoms with Gasteiger partial charge in [-0.15, -0.1) is 11.8 Å². The van der Waals surface area contributed by atoms with Gasteiger partial charge in [-0.05, 0) is 61.8 Å². The van der Waals surface area contributed by atoms with Crippen molar-refractivity contribution in [2.24, 2.45) is 22.7 Å². The van der Waals surface area contributed by atoms with E-state index in [1.54, 1.807) is 0 Å². The Labute approximate surface area is 160 Å². The molecule has 25 heavy (non-hydrogen) atoms. The third-order valence-electron chi connectivity index (χ3n) is 6.99. The average molecular weight is 362 g/mol. The van der Waals surface area contributed by atoms with Crippen LogP contribution >= 0.6 is 11.8 Å². The van der Waals surface area contributed by atoms with Crippen molar-refractivity contribution in [2.45, 2.75) is 82.8 Å². The summed E-state index contributed by atoms with van der Waals surface area (Å²) in [5, 5.41) is 4.60. The van der Waals surface area contributed by atoms with Crippen molar-refractivity contribution in [2.75, 3.05) is 0 Å². The zero-order chi connectivity index (χ0) is 19.6. The SMILES string of the molecule is [2H]C([2H])([2H])C1=NC2OC3=C([C@H]4CC=C5SC(C)[C@@H](C)C5N4)CCC[C@H]3C2CC1. The Balaban J connectivity index is 1.42. The lowest BCUT2D eigenvalue weighted by Crippen LogP contribution is -2.45. The van der Waals surface area contributed by atoms with E-state index in [0.717, 1.165) is 31.4 Å². The summed E-state index contributed by atoms with van der Waals surface area (Å²) in [6.45, 7) is 2.60. The number of nitrogens with zero attached hydrogens (tertiary/aromatic N) is 1. The molecular weight excluding hydrogens is 328 g/mol. The summed E-state index contributed by atoms with van der Waals surface area (Å²) < 4.78 is 29.5. The molecule has 0 saturated carbocycles. The summed E-state index contributed by atoms with van der Waals surface area (Å²) in [6.07, 6.45) is 8.11. The van der Waals surface area contributed by atoms with Crippen molar-refractivity contribution < 1.29 is 8.85 Å². The smallest absolute Gasteiger partial charge is 0.192 e. The van der Waals surface area contributed by atoms with E-state index in [-0.39, 0.29) is 6.23 Å². The topological polar surface area (TPSA) is 33.6 Å². The molecule has 0 radical (unpaired) electrons. The number of ether oxygens (including phenoxy) is 1. The van der Waals surface area contributed by atoms with E-state index in [9.17, 15) is 0 Å². The van der Waals surface area contributed by atoms with E-state index >= 15 is 0 Å². The molecule has 0 aromatic carbocycles. The van der Waals surface area contributed by atoms with Crippen LogP contribution in [0.1, 0.15) is 63.3 Å². The second-order valence-corrected chi connectivity index (χ2v) is 9.85. The van der Waals surface area contributed by atoms with Gasteiger partial charge in [-0.2, -0.15) is 0 Å². The first-order chi connectivity index (χ1) is 13.3. The van der Waals surface area contributed by atoms with E-state index in [4.69, 9.17) is 8.85 Å². The van der Waals surface area contributed by atoms with Crippen LogP contribution in [0.5, 0.6) is 0 Å². The van der Waals surface area contributed by atoms with Crippen molar-refractivity contribution in [3.05, 3.63) is 22.3 Å². The molecule has 7 atom stereocenters. The molecule has 4 unspecified atom stereocenters. The zero-order valence-corrected chi connectivity index (χ0v) is 15.9. The fourth-order valence-corrected chi connectivity index (χ4v) is 6.84. The average Bonchev–Trinajstić information content (AvgIpc) is 3.17. The third kappa shape index (κ3) is 2.63. The molecule has 2 saturated heterocycles. The van der Waals surface area contributed by atoms with Gasteiger partial charge in [0.25, 0.3) is 0 Å². The molecule has 5 rings (SSSR count). The highest BCUT2D eigenvalue weighted by atomic mass is 32.2. The molecule has 0 aromatic rings. The monoisotopic (exact) mass is 361 g/mol. The summed E-state index contributed by atoms with van der Waals surface area (Å²) in [6, 6.07) is 0.821. The molecule has 4 aliphatic heterocycles. The van der Waals surface area contributed by atoms with Crippen LogP contribution in [0.4, 0.5) is 0 Å². The number of hydrogen-bond acceptors (Lipinski definition) is 4. The lowest BCUT2D eigenvalue weighted by Gasteiger charge is -2.35. The van der Waals surface area contributed by atoms with Gasteiger partial charge in [0.05, 0.1) is 0 Å². The first-order valence-electron chi connectivity index (χ1n) is 11.4. The second-order valence-electron chi connectivity index (χ2n) is 8.40. The third-order valence-corrected chi connectivity index (χ3v) is 8.49. The highest BCUT2D eigenvalue weighted by molar-refractivity contribution is 8.04. The van der Waals surface area contributed by atoms with Crippen LogP contribution in [0, 0.1) is 17.8 Å². The molecule has 5 aliphatic rings. The van der Waals surface area contributed by atoms with E-state index in [2.05, 4.69) is 30.2 Å². The largest absolute Gasteiger partial charge is 0.472 e. The van der Waals surface area contributed by atoms with Gasteiger partial charge in [0.15, 0.2) is 6.23 Å². The summed E-state index contributed by atoms with van der Waals surface area (Å²) >= 11 is 2.02. The Morgan fingerprint density at radius 2 is 2.24 bits per heavy atom. The zero-order valence-electron chi connectivity index (χ0n) is 18.1. The van der Waals surface area contributed by atoms with Crippen LogP contribution in [-0.4, -0.2) is 29.3 Å². The highest BCUT2D eigenvalue weighted by Gasteiger charge is 2.47. The summed E-state index contributed by atoms with van der Waals surface area (Å²) in [5.74, 6) is 2.57. The fraction of sp³-hybridized carbons (Fsp3) is 0.762. The summed E-state index contributed by atoms with van der Waals surface area (Å²) in [5.41, 5.74) is 1.78. The van der Waals surface area contributed by atoms with Gasteiger partial charge < -0.3 is 10.1 Å². The quantitative estimate of drug-likeness (QED) is 0.738. The van der Waals surface area contributed by atoms with Gasteiger partial charge in [-0.25, -0.2) is 0 Å². The minimum Gasteiger partial charge on any atom is -0.472 e. The van der Waals surface area contributed by atoms with Crippen LogP contribution in [-0.2, 0) is 4.74 Å². The molecule has 4 heterocycles. The number of thioether (sulfide) groups is 1. The van der Waals surface area contributed by atoms with Crippen molar-refractivity contribution in [1.82, 2.24) is 5.32 Å². The van der Waals surface area contributed by atoms with Crippen LogP contribution in [0.15, 0.2) is 27.3 Å². The summed E-state index contributed by atoms with van der Waals surface area (Å²) in [4.78, 5) is 6.07. The molecule has 1 aliphatic carbocycles. The Morgan fingerprint density at radius 1 is 1.32 bits per heavy atom. The van der Waals surface area contributed by atoms with E-state index in [0.29, 0.717) is 47.2 Å². The van der Waals surface area contributed by atoms with E-state index in [1.165, 1.54) is 16.9 Å². The Hall–Kier alpha value is -0.740. The number of fused-ring (bicyclic) bond motifs is 4. The van der Waals surface area contributed by atoms with Crippen LogP contribution in [0.25, 0.3) is 0 Å². The van der Waals surface area contributed by atoms with Gasteiger partial charge >= 0.3 is 0 Å². The molecule has 2 fully saturated rings. The first-order valence-corrected chi connectivity index (χ1v) is 10.8. The highest BCUT2D eigenvalue weighted by Crippen LogP contribution is 2.50. The number of nitrogens with one attached hydrogen (secondary N) is 1. The van der Waals surface area contributed by atoms with Crippen LogP contribution < -0.4 is 5.32 Å². The van der Waals surface area contributed by atoms with Crippen molar-refractivity contribution in [1.29, 1.82) is 0 Å². The van der Waals surface area contributed by atoms with Gasteiger partial charge in [0.2, 0.25) is 0 Å². The van der Waals surface area contributed by atoms with Gasteiger partial charge in [-0.1, -0.05) is 19.9 Å². The first kappa shape index (κ1) is 13.4. The van der Waals surface area contributed by atoms with Crippen LogP contribution in [0.3, 0.4) is 0 Å². The molecule has 136 valence electrons. The summed E-state index contributed by atoms with van der Waals surface area (Å²) in [7, 11) is 0. The molecule has 0 aromatic heterocycles. The fourth-order valence-electron chi connectivity index (χ4n) is 5.42. The van der Waals surface area contributed by atoms with E-state index in [1.807, 2.05) is 11.8 Å². The molecule has 0 bridgehead atoms. The minimum atomic E-state index is -2.08. The molecular formula is C21H30N2OS. The second kappa shape index (κ2) is 6.16. The molecule has 4 heteroatoms. The number of hydrogen-bond donors (Lipinski definition) is 1. The van der Waals surface area contributed by atoms with Gasteiger partial charge in [-0.3, -0.25) is 4.99 Å². The van der Waals surface area contributed by atoms with Gasteiger partial charge in [0.1, 0.15) is 5.76 Å². The number of allylic oxidation sites excluding steroid dienone is 1. The van der Waals surface area contributed by atoms with E-state index < -0.39 is 6.85 Å². The molecule has 3 nitrogen and oxygen atoms in total. The maximum Gasteiger partial charge on any atom is 0.192 e. The van der Waals surface area contributed by atoms with Gasteiger partial charge in [0, 0.05) is 39.0 Å². The lowest BCUT2D eigenvalue weighted by molar-refractivity contribution is 0.127. The maximum atomic E-state index is 7.70. The lowest BCUT2D eigenvalue weighted by atomic mass is 9.76. The predicted octanol–water partition coefficient (Wildman–Crippen LogP) is 4.65. The minimum absolute atomic E-state index is 0.284. The Morgan fingerprint density at radius 3 is 3.12 bits per heavy atom. The molecule has 0 amide bonds. The van der Waals surface area contributed by atoms with Crippen molar-refractivity contribution in [3.8, 4) is 0 Å². The number of aliphatic imine (C=N–C) groups is 1.